The molecule has 0 aliphatic heterocycles. The molecule has 12 aromatic rings. The summed E-state index contributed by atoms with van der Waals surface area (Å²) in [5.74, 6) is 2.57. The highest BCUT2D eigenvalue weighted by atomic mass is 16.3. The standard InChI is InChI=1S/C60H40N4O/c1-37-52(64-51-26-13-12-25-48(51)49-34-44-20-8-9-21-45(44)35-53(49)64)36-50(57-55(37)56-47-24-11-10-19-41(47)31-32-54(56)65-57)60-62-58(42-29-27-40(28-30-42)38-15-4-2-5-16-38)61-59(63-60)46-23-14-22-43(33-46)39-17-6-3-7-18-39/h2-37,52H,1H3. The van der Waals surface area contributed by atoms with Crippen molar-refractivity contribution in [3.8, 4) is 45.0 Å². The second-order valence-electron chi connectivity index (χ2n) is 17.2. The van der Waals surface area contributed by atoms with Gasteiger partial charge in [0.05, 0.1) is 17.1 Å². The molecule has 13 rings (SSSR count). The van der Waals surface area contributed by atoms with Crippen molar-refractivity contribution in [2.75, 3.05) is 0 Å². The molecule has 0 radical (unpaired) electrons. The molecule has 2 atom stereocenters. The zero-order valence-electron chi connectivity index (χ0n) is 35.6. The van der Waals surface area contributed by atoms with Gasteiger partial charge in [0, 0.05) is 44.3 Å². The quantitative estimate of drug-likeness (QED) is 0.167. The van der Waals surface area contributed by atoms with Gasteiger partial charge in [-0.2, -0.15) is 0 Å². The Morgan fingerprint density at radius 2 is 0.985 bits per heavy atom. The fraction of sp³-hybridized carbons (Fsp3) is 0.0500. The monoisotopic (exact) mass is 832 g/mol. The van der Waals surface area contributed by atoms with Gasteiger partial charge in [-0.25, -0.2) is 15.0 Å². The smallest absolute Gasteiger partial charge is 0.167 e. The molecule has 0 fully saturated rings. The van der Waals surface area contributed by atoms with Crippen molar-refractivity contribution in [1.82, 2.24) is 19.5 Å². The maximum atomic E-state index is 7.09. The highest BCUT2D eigenvalue weighted by Crippen LogP contribution is 2.51. The Morgan fingerprint density at radius 1 is 0.415 bits per heavy atom. The summed E-state index contributed by atoms with van der Waals surface area (Å²) < 4.78 is 9.63. The summed E-state index contributed by atoms with van der Waals surface area (Å²) in [5, 5.41) is 8.37. The van der Waals surface area contributed by atoms with Crippen LogP contribution in [-0.4, -0.2) is 19.5 Å². The lowest BCUT2D eigenvalue weighted by atomic mass is 9.82. The zero-order chi connectivity index (χ0) is 43.0. The first-order chi connectivity index (χ1) is 32.1. The third kappa shape index (κ3) is 6.11. The van der Waals surface area contributed by atoms with E-state index in [4.69, 9.17) is 19.4 Å². The molecule has 1 aliphatic rings. The van der Waals surface area contributed by atoms with Crippen LogP contribution in [0.5, 0.6) is 0 Å². The lowest BCUT2D eigenvalue weighted by Crippen LogP contribution is -2.19. The van der Waals surface area contributed by atoms with E-state index in [1.165, 1.54) is 43.4 Å². The lowest BCUT2D eigenvalue weighted by Gasteiger charge is -2.30. The van der Waals surface area contributed by atoms with E-state index in [0.717, 1.165) is 61.2 Å². The van der Waals surface area contributed by atoms with Crippen LogP contribution in [0.3, 0.4) is 0 Å². The molecule has 2 unspecified atom stereocenters. The Morgan fingerprint density at radius 3 is 1.75 bits per heavy atom. The molecule has 0 bridgehead atoms. The fourth-order valence-electron chi connectivity index (χ4n) is 10.2. The van der Waals surface area contributed by atoms with Crippen molar-refractivity contribution in [1.29, 1.82) is 0 Å². The highest BCUT2D eigenvalue weighted by molar-refractivity contribution is 6.13. The number of fused-ring (bicyclic) bond motifs is 9. The number of benzene rings is 9. The average molecular weight is 833 g/mol. The maximum absolute atomic E-state index is 7.09. The molecule has 0 N–H and O–H groups in total. The van der Waals surface area contributed by atoms with Gasteiger partial charge >= 0.3 is 0 Å². The molecule has 306 valence electrons. The molecule has 3 aromatic heterocycles. The first-order valence-electron chi connectivity index (χ1n) is 22.3. The summed E-state index contributed by atoms with van der Waals surface area (Å²) in [6.45, 7) is 2.35. The van der Waals surface area contributed by atoms with Gasteiger partial charge in [0.15, 0.2) is 17.5 Å². The van der Waals surface area contributed by atoms with Crippen LogP contribution in [0.4, 0.5) is 0 Å². The number of allylic oxidation sites excluding steroid dienone is 1. The van der Waals surface area contributed by atoms with E-state index in [1.807, 2.05) is 12.1 Å². The topological polar surface area (TPSA) is 56.7 Å². The number of furan rings is 1. The SMILES string of the molecule is CC1c2c(oc3ccc4ccccc4c23)C(c2nc(-c3ccc(-c4ccccc4)cc3)nc(-c3cccc(-c4ccccc4)c3)n2)=CC1n1c2ccccc2c2cc3ccccc3cc21. The number of hydrogen-bond acceptors (Lipinski definition) is 4. The third-order valence-corrected chi connectivity index (χ3v) is 13.4. The average Bonchev–Trinajstić information content (AvgIpc) is 3.93. The Hall–Kier alpha value is -8.41. The molecule has 65 heavy (non-hydrogen) atoms. The van der Waals surface area contributed by atoms with E-state index in [2.05, 4.69) is 212 Å². The Bertz CT molecular complexity index is 3850. The Balaban J connectivity index is 1.08. The van der Waals surface area contributed by atoms with Crippen LogP contribution in [0.1, 0.15) is 36.0 Å². The van der Waals surface area contributed by atoms with E-state index in [1.54, 1.807) is 0 Å². The van der Waals surface area contributed by atoms with Gasteiger partial charge in [-0.1, -0.05) is 183 Å². The normalized spacial score (nSPS) is 14.9. The molecule has 1 aliphatic carbocycles. The molecule has 3 heterocycles. The number of nitrogens with zero attached hydrogens (tertiary/aromatic N) is 4. The van der Waals surface area contributed by atoms with Crippen LogP contribution in [0.15, 0.2) is 217 Å². The highest BCUT2D eigenvalue weighted by Gasteiger charge is 2.37. The summed E-state index contributed by atoms with van der Waals surface area (Å²) in [4.78, 5) is 16.1. The molecule has 9 aromatic carbocycles. The lowest BCUT2D eigenvalue weighted by molar-refractivity contribution is 0.512. The molecule has 0 spiro atoms. The third-order valence-electron chi connectivity index (χ3n) is 13.4. The van der Waals surface area contributed by atoms with Gasteiger partial charge in [-0.3, -0.25) is 0 Å². The van der Waals surface area contributed by atoms with Crippen LogP contribution in [-0.2, 0) is 0 Å². The minimum absolute atomic E-state index is 0.0140. The predicted octanol–water partition coefficient (Wildman–Crippen LogP) is 15.5. The first-order valence-corrected chi connectivity index (χ1v) is 22.3. The van der Waals surface area contributed by atoms with E-state index in [0.29, 0.717) is 17.5 Å². The van der Waals surface area contributed by atoms with Crippen molar-refractivity contribution < 1.29 is 4.42 Å². The maximum Gasteiger partial charge on any atom is 0.167 e. The van der Waals surface area contributed by atoms with Gasteiger partial charge in [-0.05, 0) is 80.2 Å². The molecule has 0 saturated carbocycles. The first kappa shape index (κ1) is 37.2. The summed E-state index contributed by atoms with van der Waals surface area (Å²) in [7, 11) is 0. The zero-order valence-corrected chi connectivity index (χ0v) is 35.6. The number of rotatable bonds is 6. The van der Waals surface area contributed by atoms with Crippen molar-refractivity contribution in [2.45, 2.75) is 18.9 Å². The van der Waals surface area contributed by atoms with Crippen LogP contribution in [0.2, 0.25) is 0 Å². The van der Waals surface area contributed by atoms with Crippen molar-refractivity contribution in [2.24, 2.45) is 0 Å². The largest absolute Gasteiger partial charge is 0.456 e. The second-order valence-corrected chi connectivity index (χ2v) is 17.2. The van der Waals surface area contributed by atoms with Crippen LogP contribution < -0.4 is 0 Å². The number of hydrogen-bond donors (Lipinski definition) is 0. The Kier molecular flexibility index (Phi) is 8.50. The Labute approximate surface area is 375 Å². The van der Waals surface area contributed by atoms with Crippen molar-refractivity contribution >= 4 is 59.9 Å². The number of aromatic nitrogens is 4. The van der Waals surface area contributed by atoms with Crippen LogP contribution in [0.25, 0.3) is 105 Å². The van der Waals surface area contributed by atoms with Gasteiger partial charge < -0.3 is 8.98 Å². The van der Waals surface area contributed by atoms with E-state index in [-0.39, 0.29) is 12.0 Å². The van der Waals surface area contributed by atoms with E-state index in [9.17, 15) is 0 Å². The second kappa shape index (κ2) is 14.9. The fourth-order valence-corrected chi connectivity index (χ4v) is 10.2. The predicted molar refractivity (Wildman–Crippen MR) is 267 cm³/mol. The van der Waals surface area contributed by atoms with E-state index >= 15 is 0 Å². The van der Waals surface area contributed by atoms with Gasteiger partial charge in [0.25, 0.3) is 0 Å². The molecule has 0 saturated heterocycles. The summed E-state index contributed by atoms with van der Waals surface area (Å²) in [6.07, 6.45) is 2.36. The van der Waals surface area contributed by atoms with E-state index < -0.39 is 0 Å². The van der Waals surface area contributed by atoms with Gasteiger partial charge in [0.1, 0.15) is 11.3 Å². The molecule has 5 nitrogen and oxygen atoms in total. The number of para-hydroxylation sites is 1. The minimum Gasteiger partial charge on any atom is -0.456 e. The molecule has 5 heteroatoms. The van der Waals surface area contributed by atoms with Crippen molar-refractivity contribution in [3.63, 3.8) is 0 Å². The molecular formula is C60H40N4O. The molecule has 0 amide bonds. The van der Waals surface area contributed by atoms with Gasteiger partial charge in [-0.15, -0.1) is 0 Å². The minimum atomic E-state index is -0.129. The van der Waals surface area contributed by atoms with Gasteiger partial charge in [0.2, 0.25) is 0 Å². The molecular weight excluding hydrogens is 793 g/mol. The summed E-state index contributed by atoms with van der Waals surface area (Å²) in [5.41, 5.74) is 11.5. The summed E-state index contributed by atoms with van der Waals surface area (Å²) >= 11 is 0. The van der Waals surface area contributed by atoms with Crippen LogP contribution in [0, 0.1) is 0 Å². The van der Waals surface area contributed by atoms with Crippen molar-refractivity contribution in [3.05, 3.63) is 229 Å². The summed E-state index contributed by atoms with van der Waals surface area (Å²) in [6, 6.07) is 72.9. The van der Waals surface area contributed by atoms with Crippen LogP contribution >= 0.6 is 0 Å².